The quantitative estimate of drug-likeness (QED) is 0.645. The number of nitrogens with one attached hydrogen (secondary N) is 1. The molecule has 0 bridgehead atoms. The summed E-state index contributed by atoms with van der Waals surface area (Å²) in [6.07, 6.45) is 0. The van der Waals surface area contributed by atoms with Gasteiger partial charge in [-0.2, -0.15) is 4.37 Å². The zero-order valence-corrected chi connectivity index (χ0v) is 7.27. The van der Waals surface area contributed by atoms with Crippen molar-refractivity contribution in [3.05, 3.63) is 11.2 Å². The summed E-state index contributed by atoms with van der Waals surface area (Å²) >= 11 is 1.48. The molecule has 0 saturated carbocycles. The van der Waals surface area contributed by atoms with Gasteiger partial charge in [0.05, 0.1) is 6.54 Å². The number of fused-ring (bicyclic) bond motifs is 3. The van der Waals surface area contributed by atoms with Crippen LogP contribution >= 0.6 is 11.5 Å². The van der Waals surface area contributed by atoms with Crippen LogP contribution in [0.5, 0.6) is 0 Å². The molecule has 1 aliphatic heterocycles. The maximum atomic E-state index is 4.41. The molecular formula is C7H8N4S. The van der Waals surface area contributed by atoms with E-state index >= 15 is 0 Å². The Kier molecular flexibility index (Phi) is 1.24. The molecule has 0 fully saturated rings. The molecule has 0 saturated heterocycles. The first kappa shape index (κ1) is 6.56. The SMILES string of the molecule is c1snc2nc3n(c12)CCNC3. The van der Waals surface area contributed by atoms with Gasteiger partial charge in [-0.3, -0.25) is 0 Å². The fourth-order valence-electron chi connectivity index (χ4n) is 1.58. The van der Waals surface area contributed by atoms with Gasteiger partial charge in [0.2, 0.25) is 0 Å². The molecule has 12 heavy (non-hydrogen) atoms. The van der Waals surface area contributed by atoms with Crippen LogP contribution in [0, 0.1) is 0 Å². The van der Waals surface area contributed by atoms with E-state index in [4.69, 9.17) is 0 Å². The largest absolute Gasteiger partial charge is 0.324 e. The van der Waals surface area contributed by atoms with E-state index in [9.17, 15) is 0 Å². The van der Waals surface area contributed by atoms with Crippen molar-refractivity contribution in [3.63, 3.8) is 0 Å². The van der Waals surface area contributed by atoms with Crippen LogP contribution in [0.4, 0.5) is 0 Å². The molecule has 0 spiro atoms. The predicted octanol–water partition coefficient (Wildman–Crippen LogP) is 0.596. The molecule has 62 valence electrons. The highest BCUT2D eigenvalue weighted by molar-refractivity contribution is 7.04. The Morgan fingerprint density at radius 2 is 2.58 bits per heavy atom. The van der Waals surface area contributed by atoms with Gasteiger partial charge in [0.1, 0.15) is 11.3 Å². The minimum Gasteiger partial charge on any atom is -0.324 e. The highest BCUT2D eigenvalue weighted by atomic mass is 32.1. The van der Waals surface area contributed by atoms with Crippen LogP contribution < -0.4 is 5.32 Å². The minimum absolute atomic E-state index is 0.876. The lowest BCUT2D eigenvalue weighted by molar-refractivity contribution is 0.514. The Morgan fingerprint density at radius 3 is 3.58 bits per heavy atom. The standard InChI is InChI=1S/C7H8N4S/c1-2-11-5-4-12-10-7(5)9-6(11)3-8-1/h4,8H,1-3H2. The third-order valence-corrected chi connectivity index (χ3v) is 2.77. The summed E-state index contributed by atoms with van der Waals surface area (Å²) in [4.78, 5) is 4.41. The molecule has 3 heterocycles. The molecule has 3 rings (SSSR count). The molecule has 0 atom stereocenters. The van der Waals surface area contributed by atoms with Gasteiger partial charge in [-0.25, -0.2) is 4.98 Å². The van der Waals surface area contributed by atoms with Crippen molar-refractivity contribution < 1.29 is 0 Å². The Hall–Kier alpha value is -0.940. The van der Waals surface area contributed by atoms with Gasteiger partial charge in [0.15, 0.2) is 5.65 Å². The normalized spacial score (nSPS) is 16.7. The second-order valence-corrected chi connectivity index (χ2v) is 3.51. The number of imidazole rings is 1. The zero-order chi connectivity index (χ0) is 7.97. The monoisotopic (exact) mass is 180 g/mol. The van der Waals surface area contributed by atoms with Crippen molar-refractivity contribution in [2.45, 2.75) is 13.1 Å². The van der Waals surface area contributed by atoms with Crippen molar-refractivity contribution in [1.29, 1.82) is 0 Å². The molecule has 5 heteroatoms. The van der Waals surface area contributed by atoms with Crippen LogP contribution in [-0.2, 0) is 13.1 Å². The number of aromatic nitrogens is 3. The summed E-state index contributed by atoms with van der Waals surface area (Å²) in [6.45, 7) is 2.93. The van der Waals surface area contributed by atoms with Gasteiger partial charge in [-0.15, -0.1) is 0 Å². The smallest absolute Gasteiger partial charge is 0.191 e. The van der Waals surface area contributed by atoms with Crippen molar-refractivity contribution in [3.8, 4) is 0 Å². The topological polar surface area (TPSA) is 42.7 Å². The lowest BCUT2D eigenvalue weighted by atomic mass is 10.4. The van der Waals surface area contributed by atoms with E-state index in [0.29, 0.717) is 0 Å². The average Bonchev–Trinajstić information content (AvgIpc) is 2.62. The molecule has 2 aromatic rings. The first-order valence-electron chi connectivity index (χ1n) is 3.95. The number of rotatable bonds is 0. The molecule has 2 aromatic heterocycles. The summed E-state index contributed by atoms with van der Waals surface area (Å²) < 4.78 is 6.45. The average molecular weight is 180 g/mol. The number of hydrogen-bond donors (Lipinski definition) is 1. The third-order valence-electron chi connectivity index (χ3n) is 2.17. The van der Waals surface area contributed by atoms with Crippen molar-refractivity contribution in [2.24, 2.45) is 0 Å². The third kappa shape index (κ3) is 0.748. The first-order valence-corrected chi connectivity index (χ1v) is 4.79. The molecule has 0 radical (unpaired) electrons. The number of nitrogens with zero attached hydrogens (tertiary/aromatic N) is 3. The molecule has 1 aliphatic rings. The summed E-state index contributed by atoms with van der Waals surface area (Å²) in [6, 6.07) is 0. The maximum absolute atomic E-state index is 4.41. The van der Waals surface area contributed by atoms with Gasteiger partial charge in [0.25, 0.3) is 0 Å². The van der Waals surface area contributed by atoms with E-state index in [1.165, 1.54) is 17.0 Å². The fraction of sp³-hybridized carbons (Fsp3) is 0.429. The van der Waals surface area contributed by atoms with Crippen LogP contribution in [0.2, 0.25) is 0 Å². The van der Waals surface area contributed by atoms with Crippen LogP contribution in [-0.4, -0.2) is 20.5 Å². The van der Waals surface area contributed by atoms with Gasteiger partial charge in [0, 0.05) is 18.5 Å². The number of hydrogen-bond acceptors (Lipinski definition) is 4. The zero-order valence-electron chi connectivity index (χ0n) is 6.45. The van der Waals surface area contributed by atoms with E-state index < -0.39 is 0 Å². The molecule has 4 nitrogen and oxygen atoms in total. The molecule has 0 amide bonds. The van der Waals surface area contributed by atoms with E-state index in [0.717, 1.165) is 31.1 Å². The predicted molar refractivity (Wildman–Crippen MR) is 47.1 cm³/mol. The van der Waals surface area contributed by atoms with Crippen LogP contribution in [0.15, 0.2) is 5.38 Å². The maximum Gasteiger partial charge on any atom is 0.191 e. The van der Waals surface area contributed by atoms with Crippen LogP contribution in [0.25, 0.3) is 11.2 Å². The second-order valence-electron chi connectivity index (χ2n) is 2.88. The Balaban J connectivity index is 2.34. The van der Waals surface area contributed by atoms with Gasteiger partial charge in [-0.05, 0) is 11.5 Å². The Bertz CT molecular complexity index is 416. The molecular weight excluding hydrogens is 172 g/mol. The van der Waals surface area contributed by atoms with Gasteiger partial charge >= 0.3 is 0 Å². The van der Waals surface area contributed by atoms with E-state index in [2.05, 4.69) is 24.6 Å². The summed E-state index contributed by atoms with van der Waals surface area (Å²) in [7, 11) is 0. The van der Waals surface area contributed by atoms with E-state index in [1.807, 2.05) is 0 Å². The highest BCUT2D eigenvalue weighted by Gasteiger charge is 2.14. The van der Waals surface area contributed by atoms with Crippen molar-refractivity contribution in [2.75, 3.05) is 6.54 Å². The van der Waals surface area contributed by atoms with Gasteiger partial charge < -0.3 is 9.88 Å². The summed E-state index contributed by atoms with van der Waals surface area (Å²) in [5.41, 5.74) is 2.09. The lowest BCUT2D eigenvalue weighted by Crippen LogP contribution is -2.28. The fourth-order valence-corrected chi connectivity index (χ4v) is 2.20. The summed E-state index contributed by atoms with van der Waals surface area (Å²) in [5, 5.41) is 5.35. The minimum atomic E-state index is 0.876. The molecule has 1 N–H and O–H groups in total. The highest BCUT2D eigenvalue weighted by Crippen LogP contribution is 2.18. The van der Waals surface area contributed by atoms with Crippen LogP contribution in [0.3, 0.4) is 0 Å². The van der Waals surface area contributed by atoms with Crippen LogP contribution in [0.1, 0.15) is 5.82 Å². The molecule has 0 aliphatic carbocycles. The summed E-state index contributed by atoms with van der Waals surface area (Å²) in [5.74, 6) is 1.12. The molecule has 0 unspecified atom stereocenters. The lowest BCUT2D eigenvalue weighted by Gasteiger charge is -2.14. The van der Waals surface area contributed by atoms with E-state index in [1.54, 1.807) is 0 Å². The molecule has 0 aromatic carbocycles. The van der Waals surface area contributed by atoms with Crippen molar-refractivity contribution in [1.82, 2.24) is 19.2 Å². The first-order chi connectivity index (χ1) is 5.95. The van der Waals surface area contributed by atoms with Gasteiger partial charge in [-0.1, -0.05) is 0 Å². The van der Waals surface area contributed by atoms with Crippen molar-refractivity contribution >= 4 is 22.7 Å². The Morgan fingerprint density at radius 1 is 1.58 bits per heavy atom. The second kappa shape index (κ2) is 2.27. The van der Waals surface area contributed by atoms with E-state index in [-0.39, 0.29) is 0 Å². The Labute approximate surface area is 73.4 Å².